The number of carbonyl (C=O) groups excluding carboxylic acids is 4. The number of aryl methyl sites for hydroxylation is 1. The third kappa shape index (κ3) is 4.05. The van der Waals surface area contributed by atoms with E-state index < -0.39 is 23.7 Å². The SMILES string of the molecule is Cc1cc(F)cc(N(C)C(=O)c2cn(-c3ccc4c(c3)C(=O)N(C3CCC(=O)NC3=O)C4)nn2)c1. The number of nitrogens with one attached hydrogen (secondary N) is 1. The van der Waals surface area contributed by atoms with Gasteiger partial charge in [-0.1, -0.05) is 11.3 Å². The van der Waals surface area contributed by atoms with Crippen LogP contribution >= 0.6 is 0 Å². The first kappa shape index (κ1) is 22.4. The summed E-state index contributed by atoms with van der Waals surface area (Å²) in [6, 6.07) is 8.75. The molecule has 3 heterocycles. The number of piperidine rings is 1. The Balaban J connectivity index is 1.36. The number of benzene rings is 2. The number of imide groups is 1. The van der Waals surface area contributed by atoms with Gasteiger partial charge in [-0.25, -0.2) is 9.07 Å². The van der Waals surface area contributed by atoms with Gasteiger partial charge in [0.05, 0.1) is 11.9 Å². The van der Waals surface area contributed by atoms with Crippen LogP contribution in [-0.2, 0) is 16.1 Å². The largest absolute Gasteiger partial charge is 0.322 e. The van der Waals surface area contributed by atoms with Crippen molar-refractivity contribution in [3.05, 3.63) is 70.8 Å². The zero-order valence-corrected chi connectivity index (χ0v) is 19.0. The number of aromatic nitrogens is 3. The molecule has 0 aliphatic carbocycles. The highest BCUT2D eigenvalue weighted by molar-refractivity contribution is 6.06. The van der Waals surface area contributed by atoms with Gasteiger partial charge in [0, 0.05) is 31.3 Å². The van der Waals surface area contributed by atoms with Crippen LogP contribution in [0.4, 0.5) is 10.1 Å². The van der Waals surface area contributed by atoms with E-state index in [1.54, 1.807) is 31.2 Å². The first-order chi connectivity index (χ1) is 16.7. The van der Waals surface area contributed by atoms with Crippen molar-refractivity contribution < 1.29 is 23.6 Å². The van der Waals surface area contributed by atoms with Crippen LogP contribution < -0.4 is 10.2 Å². The Hall–Kier alpha value is -4.41. The van der Waals surface area contributed by atoms with E-state index in [1.807, 2.05) is 0 Å². The highest BCUT2D eigenvalue weighted by atomic mass is 19.1. The highest BCUT2D eigenvalue weighted by Gasteiger charge is 2.39. The van der Waals surface area contributed by atoms with Gasteiger partial charge in [0.1, 0.15) is 11.9 Å². The van der Waals surface area contributed by atoms with Crippen LogP contribution in [0.2, 0.25) is 0 Å². The monoisotopic (exact) mass is 476 g/mol. The lowest BCUT2D eigenvalue weighted by Gasteiger charge is -2.29. The van der Waals surface area contributed by atoms with Gasteiger partial charge in [0.2, 0.25) is 11.8 Å². The van der Waals surface area contributed by atoms with Gasteiger partial charge in [-0.3, -0.25) is 24.5 Å². The maximum Gasteiger partial charge on any atom is 0.280 e. The van der Waals surface area contributed by atoms with Crippen LogP contribution in [0.15, 0.2) is 42.6 Å². The Labute approximate surface area is 199 Å². The molecule has 4 amide bonds. The summed E-state index contributed by atoms with van der Waals surface area (Å²) >= 11 is 0. The Morgan fingerprint density at radius 2 is 1.97 bits per heavy atom. The zero-order valence-electron chi connectivity index (χ0n) is 19.0. The van der Waals surface area contributed by atoms with Crippen molar-refractivity contribution in [2.75, 3.05) is 11.9 Å². The first-order valence-electron chi connectivity index (χ1n) is 11.0. The molecule has 2 aliphatic heterocycles. The fourth-order valence-electron chi connectivity index (χ4n) is 4.37. The molecule has 1 aromatic heterocycles. The summed E-state index contributed by atoms with van der Waals surface area (Å²) < 4.78 is 15.1. The molecule has 0 bridgehead atoms. The first-order valence-corrected chi connectivity index (χ1v) is 11.0. The molecule has 0 spiro atoms. The smallest absolute Gasteiger partial charge is 0.280 e. The van der Waals surface area contributed by atoms with E-state index in [-0.39, 0.29) is 36.9 Å². The quantitative estimate of drug-likeness (QED) is 0.574. The third-order valence-electron chi connectivity index (χ3n) is 6.21. The van der Waals surface area contributed by atoms with Crippen molar-refractivity contribution in [3.8, 4) is 5.69 Å². The summed E-state index contributed by atoms with van der Waals surface area (Å²) in [6.07, 6.45) is 1.90. The Bertz CT molecular complexity index is 1380. The molecule has 1 N–H and O–H groups in total. The molecule has 2 aliphatic rings. The van der Waals surface area contributed by atoms with E-state index in [0.717, 1.165) is 5.56 Å². The van der Waals surface area contributed by atoms with Gasteiger partial charge in [-0.2, -0.15) is 0 Å². The molecule has 1 fully saturated rings. The summed E-state index contributed by atoms with van der Waals surface area (Å²) in [5.41, 5.74) is 2.80. The Morgan fingerprint density at radius 1 is 1.17 bits per heavy atom. The minimum atomic E-state index is -0.700. The van der Waals surface area contributed by atoms with Gasteiger partial charge in [-0.15, -0.1) is 5.10 Å². The Morgan fingerprint density at radius 3 is 2.71 bits per heavy atom. The maximum atomic E-state index is 13.8. The third-order valence-corrected chi connectivity index (χ3v) is 6.21. The van der Waals surface area contributed by atoms with E-state index in [9.17, 15) is 23.6 Å². The molecule has 1 unspecified atom stereocenters. The van der Waals surface area contributed by atoms with Crippen molar-refractivity contribution >= 4 is 29.3 Å². The molecule has 10 nitrogen and oxygen atoms in total. The van der Waals surface area contributed by atoms with Gasteiger partial charge in [0.25, 0.3) is 11.8 Å². The Kier molecular flexibility index (Phi) is 5.39. The number of nitrogens with zero attached hydrogens (tertiary/aromatic N) is 5. The standard InChI is InChI=1S/C24H21FN6O4/c1-13-7-15(25)9-17(8-13)29(2)24(35)19-12-31(28-27-19)16-4-3-14-11-30(23(34)18(14)10-16)20-5-6-21(32)26-22(20)33/h3-4,7-10,12,20H,5-6,11H2,1-2H3,(H,26,32,33). The lowest BCUT2D eigenvalue weighted by Crippen LogP contribution is -2.52. The number of halogens is 1. The van der Waals surface area contributed by atoms with Crippen LogP contribution in [0.5, 0.6) is 0 Å². The number of rotatable bonds is 4. The van der Waals surface area contributed by atoms with Gasteiger partial charge >= 0.3 is 0 Å². The van der Waals surface area contributed by atoms with E-state index in [0.29, 0.717) is 22.5 Å². The van der Waals surface area contributed by atoms with Crippen molar-refractivity contribution in [2.24, 2.45) is 0 Å². The molecule has 3 aromatic rings. The van der Waals surface area contributed by atoms with E-state index in [1.165, 1.54) is 39.9 Å². The summed E-state index contributed by atoms with van der Waals surface area (Å²) in [5, 5.41) is 10.2. The molecule has 11 heteroatoms. The molecule has 5 rings (SSSR count). The number of amides is 4. The summed E-state index contributed by atoms with van der Waals surface area (Å²) in [7, 11) is 1.52. The molecular formula is C24H21FN6O4. The number of hydrogen-bond acceptors (Lipinski definition) is 6. The molecule has 178 valence electrons. The second-order valence-electron chi connectivity index (χ2n) is 8.64. The molecule has 1 atom stereocenters. The van der Waals surface area contributed by atoms with Crippen LogP contribution in [0.3, 0.4) is 0 Å². The van der Waals surface area contributed by atoms with E-state index >= 15 is 0 Å². The van der Waals surface area contributed by atoms with Crippen molar-refractivity contribution in [3.63, 3.8) is 0 Å². The average molecular weight is 476 g/mol. The average Bonchev–Trinajstić information content (AvgIpc) is 3.43. The minimum absolute atomic E-state index is 0.0476. The summed E-state index contributed by atoms with van der Waals surface area (Å²) in [5.74, 6) is -2.04. The lowest BCUT2D eigenvalue weighted by atomic mass is 10.0. The normalized spacial score (nSPS) is 17.4. The van der Waals surface area contributed by atoms with Crippen LogP contribution in [0.1, 0.15) is 44.8 Å². The van der Waals surface area contributed by atoms with Gasteiger partial charge < -0.3 is 9.80 Å². The lowest BCUT2D eigenvalue weighted by molar-refractivity contribution is -0.136. The predicted molar refractivity (Wildman–Crippen MR) is 121 cm³/mol. The van der Waals surface area contributed by atoms with Crippen molar-refractivity contribution in [2.45, 2.75) is 32.4 Å². The van der Waals surface area contributed by atoms with Crippen LogP contribution in [0.25, 0.3) is 5.69 Å². The number of hydrogen-bond donors (Lipinski definition) is 1. The summed E-state index contributed by atoms with van der Waals surface area (Å²) in [6.45, 7) is 2.00. The molecule has 1 saturated heterocycles. The number of anilines is 1. The molecule has 35 heavy (non-hydrogen) atoms. The maximum absolute atomic E-state index is 13.8. The second-order valence-corrected chi connectivity index (χ2v) is 8.64. The highest BCUT2D eigenvalue weighted by Crippen LogP contribution is 2.29. The van der Waals surface area contributed by atoms with Crippen LogP contribution in [0, 0.1) is 12.7 Å². The predicted octanol–water partition coefficient (Wildman–Crippen LogP) is 1.75. The molecule has 2 aromatic carbocycles. The fourth-order valence-corrected chi connectivity index (χ4v) is 4.37. The number of fused-ring (bicyclic) bond motifs is 1. The van der Waals surface area contributed by atoms with Crippen molar-refractivity contribution in [1.29, 1.82) is 0 Å². The van der Waals surface area contributed by atoms with E-state index in [4.69, 9.17) is 0 Å². The molecular weight excluding hydrogens is 455 g/mol. The minimum Gasteiger partial charge on any atom is -0.322 e. The molecule has 0 saturated carbocycles. The van der Waals surface area contributed by atoms with Gasteiger partial charge in [-0.05, 0) is 54.8 Å². The fraction of sp³-hybridized carbons (Fsp3) is 0.250. The van der Waals surface area contributed by atoms with Crippen LogP contribution in [-0.4, -0.2) is 56.6 Å². The second kappa shape index (κ2) is 8.42. The molecule has 0 radical (unpaired) electrons. The van der Waals surface area contributed by atoms with Gasteiger partial charge in [0.15, 0.2) is 5.69 Å². The van der Waals surface area contributed by atoms with Crippen molar-refractivity contribution in [1.82, 2.24) is 25.2 Å². The number of carbonyl (C=O) groups is 4. The van der Waals surface area contributed by atoms with E-state index in [2.05, 4.69) is 15.6 Å². The topological polar surface area (TPSA) is 118 Å². The zero-order chi connectivity index (χ0) is 24.9. The summed E-state index contributed by atoms with van der Waals surface area (Å²) in [4.78, 5) is 52.4.